The molecule has 8 heteroatoms. The van der Waals surface area contributed by atoms with Gasteiger partial charge in [0.1, 0.15) is 15.3 Å². The van der Waals surface area contributed by atoms with Crippen LogP contribution in [-0.2, 0) is 20.0 Å². The molecular formula is C12H18N2O4S2. The van der Waals surface area contributed by atoms with Gasteiger partial charge in [-0.1, -0.05) is 0 Å². The van der Waals surface area contributed by atoms with Crippen molar-refractivity contribution in [1.29, 1.82) is 0 Å². The van der Waals surface area contributed by atoms with Gasteiger partial charge in [-0.15, -0.1) is 11.3 Å². The Kier molecular flexibility index (Phi) is 4.06. The van der Waals surface area contributed by atoms with Gasteiger partial charge in [-0.3, -0.25) is 4.79 Å². The van der Waals surface area contributed by atoms with E-state index in [1.165, 1.54) is 11.3 Å². The van der Waals surface area contributed by atoms with Crippen LogP contribution in [-0.4, -0.2) is 42.0 Å². The van der Waals surface area contributed by atoms with E-state index in [1.54, 1.807) is 19.2 Å². The highest BCUT2D eigenvalue weighted by Crippen LogP contribution is 2.28. The van der Waals surface area contributed by atoms with Crippen LogP contribution in [0.3, 0.4) is 0 Å². The molecule has 6 nitrogen and oxygen atoms in total. The molecular weight excluding hydrogens is 300 g/mol. The number of aliphatic carboxylic acids is 1. The van der Waals surface area contributed by atoms with Gasteiger partial charge in [0, 0.05) is 11.4 Å². The smallest absolute Gasteiger partial charge is 0.315 e. The molecule has 0 radical (unpaired) electrons. The van der Waals surface area contributed by atoms with E-state index in [0.717, 1.165) is 0 Å². The maximum Gasteiger partial charge on any atom is 0.315 e. The van der Waals surface area contributed by atoms with E-state index < -0.39 is 21.2 Å². The van der Waals surface area contributed by atoms with Crippen molar-refractivity contribution in [1.82, 2.24) is 4.98 Å². The summed E-state index contributed by atoms with van der Waals surface area (Å²) in [6.07, 6.45) is 1.14. The Labute approximate surface area is 122 Å². The number of nitrogens with zero attached hydrogens (tertiary/aromatic N) is 1. The zero-order chi connectivity index (χ0) is 15.0. The Morgan fingerprint density at radius 2 is 2.05 bits per heavy atom. The van der Waals surface area contributed by atoms with Crippen molar-refractivity contribution in [2.45, 2.75) is 38.1 Å². The highest BCUT2D eigenvalue weighted by Gasteiger charge is 2.32. The maximum absolute atomic E-state index is 11.4. The molecule has 1 aliphatic heterocycles. The summed E-state index contributed by atoms with van der Waals surface area (Å²) in [6.45, 7) is 3.22. The number of hydrogen-bond acceptors (Lipinski definition) is 6. The van der Waals surface area contributed by atoms with Crippen LogP contribution in [0.5, 0.6) is 0 Å². The molecule has 2 N–H and O–H groups in total. The molecule has 0 aliphatic carbocycles. The molecule has 0 amide bonds. The highest BCUT2D eigenvalue weighted by atomic mass is 32.2. The van der Waals surface area contributed by atoms with Gasteiger partial charge in [0.15, 0.2) is 5.13 Å². The quantitative estimate of drug-likeness (QED) is 0.873. The minimum Gasteiger partial charge on any atom is -0.481 e. The fourth-order valence-corrected chi connectivity index (χ4v) is 4.39. The second kappa shape index (κ2) is 5.33. The van der Waals surface area contributed by atoms with Crippen molar-refractivity contribution in [3.63, 3.8) is 0 Å². The Bertz CT molecular complexity index is 593. The number of anilines is 1. The molecule has 2 rings (SSSR count). The second-order valence-corrected chi connectivity index (χ2v) is 8.70. The minimum atomic E-state index is -2.87. The molecule has 20 heavy (non-hydrogen) atoms. The average molecular weight is 318 g/mol. The van der Waals surface area contributed by atoms with E-state index in [0.29, 0.717) is 23.7 Å². The second-order valence-electron chi connectivity index (χ2n) is 5.54. The van der Waals surface area contributed by atoms with Gasteiger partial charge < -0.3 is 10.4 Å². The zero-order valence-corrected chi connectivity index (χ0v) is 13.1. The number of thiazole rings is 1. The Hall–Kier alpha value is -1.15. The number of carboxylic acid groups (broad SMARTS) is 1. The average Bonchev–Trinajstić information content (AvgIpc) is 2.81. The maximum atomic E-state index is 11.4. The molecule has 0 atom stereocenters. The minimum absolute atomic E-state index is 0.0884. The summed E-state index contributed by atoms with van der Waals surface area (Å²) in [5, 5.41) is 14.7. The highest BCUT2D eigenvalue weighted by molar-refractivity contribution is 7.91. The number of aromatic nitrogens is 1. The standard InChI is InChI=1S/C12H18N2O4S2/c1-12(2,10(15)16)9-7-19-11(14-9)13-8-3-5-20(17,18)6-4-8/h7-8H,3-6H2,1-2H3,(H,13,14)(H,15,16). The summed E-state index contributed by atoms with van der Waals surface area (Å²) in [5.41, 5.74) is -0.507. The van der Waals surface area contributed by atoms with Crippen LogP contribution in [0.2, 0.25) is 0 Å². The first kappa shape index (κ1) is 15.2. The predicted molar refractivity (Wildman–Crippen MR) is 78.1 cm³/mol. The monoisotopic (exact) mass is 318 g/mol. The molecule has 1 saturated heterocycles. The van der Waals surface area contributed by atoms with Crippen LogP contribution < -0.4 is 5.32 Å². The summed E-state index contributed by atoms with van der Waals surface area (Å²) in [7, 11) is -2.87. The molecule has 0 aromatic carbocycles. The third-order valence-electron chi connectivity index (χ3n) is 3.56. The van der Waals surface area contributed by atoms with Gasteiger partial charge in [-0.05, 0) is 26.7 Å². The van der Waals surface area contributed by atoms with Crippen molar-refractivity contribution in [3.05, 3.63) is 11.1 Å². The molecule has 112 valence electrons. The van der Waals surface area contributed by atoms with Gasteiger partial charge in [-0.2, -0.15) is 0 Å². The van der Waals surface area contributed by atoms with Gasteiger partial charge in [0.05, 0.1) is 17.2 Å². The number of rotatable bonds is 4. The topological polar surface area (TPSA) is 96.4 Å². The van der Waals surface area contributed by atoms with Crippen molar-refractivity contribution in [2.75, 3.05) is 16.8 Å². The summed E-state index contributed by atoms with van der Waals surface area (Å²) in [4.78, 5) is 15.5. The number of sulfone groups is 1. The van der Waals surface area contributed by atoms with E-state index >= 15 is 0 Å². The van der Waals surface area contributed by atoms with Crippen LogP contribution in [0.25, 0.3) is 0 Å². The number of carbonyl (C=O) groups is 1. The third kappa shape index (κ3) is 3.29. The first-order valence-corrected chi connectivity index (χ1v) is 9.07. The van der Waals surface area contributed by atoms with Crippen molar-refractivity contribution < 1.29 is 18.3 Å². The fraction of sp³-hybridized carbons (Fsp3) is 0.667. The van der Waals surface area contributed by atoms with Crippen molar-refractivity contribution in [3.8, 4) is 0 Å². The predicted octanol–water partition coefficient (Wildman–Crippen LogP) is 1.49. The molecule has 1 aliphatic rings. The van der Waals surface area contributed by atoms with E-state index in [9.17, 15) is 13.2 Å². The van der Waals surface area contributed by atoms with E-state index in [2.05, 4.69) is 10.3 Å². The Balaban J connectivity index is 2.02. The molecule has 0 saturated carbocycles. The van der Waals surface area contributed by atoms with Gasteiger partial charge in [0.2, 0.25) is 0 Å². The van der Waals surface area contributed by atoms with Crippen molar-refractivity contribution >= 4 is 32.3 Å². The third-order valence-corrected chi connectivity index (χ3v) is 6.05. The van der Waals surface area contributed by atoms with E-state index in [4.69, 9.17) is 5.11 Å². The van der Waals surface area contributed by atoms with Crippen LogP contribution in [0.4, 0.5) is 5.13 Å². The van der Waals surface area contributed by atoms with Crippen LogP contribution in [0, 0.1) is 0 Å². The molecule has 0 bridgehead atoms. The number of carboxylic acids is 1. The first-order valence-electron chi connectivity index (χ1n) is 6.37. The van der Waals surface area contributed by atoms with E-state index in [1.807, 2.05) is 0 Å². The van der Waals surface area contributed by atoms with Gasteiger partial charge in [0.25, 0.3) is 0 Å². The molecule has 1 fully saturated rings. The molecule has 0 spiro atoms. The zero-order valence-electron chi connectivity index (χ0n) is 11.4. The molecule has 0 unspecified atom stereocenters. The lowest BCUT2D eigenvalue weighted by Gasteiger charge is -2.22. The fourth-order valence-electron chi connectivity index (χ4n) is 1.95. The Morgan fingerprint density at radius 3 is 2.60 bits per heavy atom. The number of nitrogens with one attached hydrogen (secondary N) is 1. The van der Waals surface area contributed by atoms with E-state index in [-0.39, 0.29) is 17.5 Å². The SMILES string of the molecule is CC(C)(C(=O)O)c1csc(NC2CCS(=O)(=O)CC2)n1. The lowest BCUT2D eigenvalue weighted by atomic mass is 9.90. The summed E-state index contributed by atoms with van der Waals surface area (Å²) >= 11 is 1.35. The van der Waals surface area contributed by atoms with Gasteiger partial charge in [-0.25, -0.2) is 13.4 Å². The first-order chi connectivity index (χ1) is 9.21. The van der Waals surface area contributed by atoms with Crippen LogP contribution in [0.15, 0.2) is 5.38 Å². The summed E-state index contributed by atoms with van der Waals surface area (Å²) in [6, 6.07) is 0.0884. The Morgan fingerprint density at radius 1 is 1.45 bits per heavy atom. The largest absolute Gasteiger partial charge is 0.481 e. The molecule has 1 aromatic rings. The summed E-state index contributed by atoms with van der Waals surface area (Å²) in [5.74, 6) is -0.523. The normalized spacial score (nSPS) is 19.7. The summed E-state index contributed by atoms with van der Waals surface area (Å²) < 4.78 is 22.7. The lowest BCUT2D eigenvalue weighted by molar-refractivity contribution is -0.142. The van der Waals surface area contributed by atoms with Crippen LogP contribution >= 0.6 is 11.3 Å². The van der Waals surface area contributed by atoms with Crippen LogP contribution in [0.1, 0.15) is 32.4 Å². The molecule has 1 aromatic heterocycles. The number of hydrogen-bond donors (Lipinski definition) is 2. The lowest BCUT2D eigenvalue weighted by Crippen LogP contribution is -2.32. The molecule has 2 heterocycles. The van der Waals surface area contributed by atoms with Crippen molar-refractivity contribution in [2.24, 2.45) is 0 Å². The van der Waals surface area contributed by atoms with Gasteiger partial charge >= 0.3 is 5.97 Å².